The molecule has 0 N–H and O–H groups in total. The first-order valence-electron chi connectivity index (χ1n) is 8.20. The smallest absolute Gasteiger partial charge is 0.320 e. The van der Waals surface area contributed by atoms with E-state index < -0.39 is 17.9 Å². The number of carbonyl (C=O) groups is 2. The van der Waals surface area contributed by atoms with Crippen molar-refractivity contribution in [2.45, 2.75) is 58.8 Å². The molecule has 1 aliphatic carbocycles. The van der Waals surface area contributed by atoms with E-state index in [-0.39, 0.29) is 5.92 Å². The molecule has 0 heterocycles. The minimum atomic E-state index is -0.796. The van der Waals surface area contributed by atoms with Crippen molar-refractivity contribution in [1.82, 2.24) is 0 Å². The Morgan fingerprint density at radius 3 is 2.10 bits per heavy atom. The normalized spacial score (nSPS) is 17.8. The van der Waals surface area contributed by atoms with E-state index in [1.165, 1.54) is 0 Å². The number of hydrogen-bond donors (Lipinski definition) is 0. The van der Waals surface area contributed by atoms with Crippen LogP contribution in [-0.4, -0.2) is 25.2 Å². The molecule has 1 aliphatic rings. The van der Waals surface area contributed by atoms with Crippen LogP contribution in [0.15, 0.2) is 12.2 Å². The van der Waals surface area contributed by atoms with Crippen molar-refractivity contribution in [1.29, 1.82) is 0 Å². The highest BCUT2D eigenvalue weighted by molar-refractivity contribution is 5.95. The SMILES string of the molecule is CCCCOC(=O)C(C(=O)OCCCC)[C@@H]1C=CCCC1. The second kappa shape index (κ2) is 10.4. The van der Waals surface area contributed by atoms with Gasteiger partial charge in [-0.1, -0.05) is 38.8 Å². The molecule has 0 unspecified atom stereocenters. The summed E-state index contributed by atoms with van der Waals surface area (Å²) in [6.07, 6.45) is 10.4. The van der Waals surface area contributed by atoms with Crippen molar-refractivity contribution < 1.29 is 19.1 Å². The Bertz CT molecular complexity index is 327. The van der Waals surface area contributed by atoms with Gasteiger partial charge in [-0.25, -0.2) is 0 Å². The average molecular weight is 296 g/mol. The van der Waals surface area contributed by atoms with E-state index in [1.54, 1.807) is 0 Å². The monoisotopic (exact) mass is 296 g/mol. The van der Waals surface area contributed by atoms with Gasteiger partial charge < -0.3 is 9.47 Å². The second-order valence-corrected chi connectivity index (χ2v) is 5.54. The maximum absolute atomic E-state index is 12.2. The Hall–Kier alpha value is -1.32. The zero-order chi connectivity index (χ0) is 15.5. The molecule has 0 radical (unpaired) electrons. The molecule has 0 spiro atoms. The van der Waals surface area contributed by atoms with Crippen LogP contribution in [0.2, 0.25) is 0 Å². The van der Waals surface area contributed by atoms with E-state index in [2.05, 4.69) is 0 Å². The van der Waals surface area contributed by atoms with Gasteiger partial charge in [-0.3, -0.25) is 9.59 Å². The lowest BCUT2D eigenvalue weighted by Crippen LogP contribution is -2.34. The highest BCUT2D eigenvalue weighted by Crippen LogP contribution is 2.27. The average Bonchev–Trinajstić information content (AvgIpc) is 2.49. The molecule has 0 bridgehead atoms. The third-order valence-electron chi connectivity index (χ3n) is 3.71. The molecule has 4 nitrogen and oxygen atoms in total. The summed E-state index contributed by atoms with van der Waals surface area (Å²) in [6.45, 7) is 4.83. The van der Waals surface area contributed by atoms with E-state index in [0.29, 0.717) is 13.2 Å². The molecule has 4 heteroatoms. The predicted molar refractivity (Wildman–Crippen MR) is 81.7 cm³/mol. The van der Waals surface area contributed by atoms with Crippen LogP contribution < -0.4 is 0 Å². The maximum atomic E-state index is 12.2. The van der Waals surface area contributed by atoms with Crippen molar-refractivity contribution >= 4 is 11.9 Å². The molecular formula is C17H28O4. The Balaban J connectivity index is 2.64. The van der Waals surface area contributed by atoms with Crippen molar-refractivity contribution in [3.05, 3.63) is 12.2 Å². The third-order valence-corrected chi connectivity index (χ3v) is 3.71. The van der Waals surface area contributed by atoms with Crippen LogP contribution in [0.5, 0.6) is 0 Å². The molecule has 0 saturated heterocycles. The van der Waals surface area contributed by atoms with Gasteiger partial charge in [0.25, 0.3) is 0 Å². The number of rotatable bonds is 9. The molecule has 0 saturated carbocycles. The molecular weight excluding hydrogens is 268 g/mol. The number of carbonyl (C=O) groups excluding carboxylic acids is 2. The van der Waals surface area contributed by atoms with Crippen LogP contribution in [-0.2, 0) is 19.1 Å². The Morgan fingerprint density at radius 2 is 1.67 bits per heavy atom. The van der Waals surface area contributed by atoms with Crippen molar-refractivity contribution in [3.63, 3.8) is 0 Å². The molecule has 0 amide bonds. The molecule has 1 rings (SSSR count). The fourth-order valence-electron chi connectivity index (χ4n) is 2.38. The van der Waals surface area contributed by atoms with Gasteiger partial charge in [-0.15, -0.1) is 0 Å². The van der Waals surface area contributed by atoms with Crippen LogP contribution in [0.25, 0.3) is 0 Å². The lowest BCUT2D eigenvalue weighted by atomic mass is 9.84. The summed E-state index contributed by atoms with van der Waals surface area (Å²) in [5.74, 6) is -1.74. The van der Waals surface area contributed by atoms with Gasteiger partial charge in [0.1, 0.15) is 0 Å². The number of ether oxygens (including phenoxy) is 2. The molecule has 1 atom stereocenters. The van der Waals surface area contributed by atoms with E-state index in [0.717, 1.165) is 44.9 Å². The summed E-state index contributed by atoms with van der Waals surface area (Å²) in [7, 11) is 0. The summed E-state index contributed by atoms with van der Waals surface area (Å²) < 4.78 is 10.5. The Morgan fingerprint density at radius 1 is 1.10 bits per heavy atom. The summed E-state index contributed by atoms with van der Waals surface area (Å²) in [4.78, 5) is 24.5. The van der Waals surface area contributed by atoms with Crippen molar-refractivity contribution in [2.75, 3.05) is 13.2 Å². The molecule has 0 aromatic carbocycles. The minimum Gasteiger partial charge on any atom is -0.465 e. The zero-order valence-electron chi connectivity index (χ0n) is 13.3. The van der Waals surface area contributed by atoms with Crippen LogP contribution in [0, 0.1) is 11.8 Å². The zero-order valence-corrected chi connectivity index (χ0v) is 13.3. The molecule has 0 aromatic heterocycles. The van der Waals surface area contributed by atoms with Crippen LogP contribution in [0.3, 0.4) is 0 Å². The first-order valence-corrected chi connectivity index (χ1v) is 8.20. The number of allylic oxidation sites excluding steroid dienone is 2. The number of unbranched alkanes of at least 4 members (excludes halogenated alkanes) is 2. The molecule has 0 aliphatic heterocycles. The molecule has 120 valence electrons. The van der Waals surface area contributed by atoms with Gasteiger partial charge in [0.05, 0.1) is 13.2 Å². The standard InChI is InChI=1S/C17H28O4/c1-3-5-12-20-16(18)15(14-10-8-7-9-11-14)17(19)21-13-6-4-2/h8,10,14-15H,3-7,9,11-13H2,1-2H3/t14-/m1/s1. The summed E-state index contributed by atoms with van der Waals surface area (Å²) in [5.41, 5.74) is 0. The highest BCUT2D eigenvalue weighted by atomic mass is 16.6. The van der Waals surface area contributed by atoms with Crippen LogP contribution in [0.4, 0.5) is 0 Å². The second-order valence-electron chi connectivity index (χ2n) is 5.54. The van der Waals surface area contributed by atoms with Crippen molar-refractivity contribution in [2.24, 2.45) is 11.8 Å². The topological polar surface area (TPSA) is 52.6 Å². The van der Waals surface area contributed by atoms with Crippen molar-refractivity contribution in [3.8, 4) is 0 Å². The van der Waals surface area contributed by atoms with Gasteiger partial charge in [0, 0.05) is 5.92 Å². The highest BCUT2D eigenvalue weighted by Gasteiger charge is 2.36. The molecule has 21 heavy (non-hydrogen) atoms. The van der Waals surface area contributed by atoms with Gasteiger partial charge in [-0.05, 0) is 32.1 Å². The van der Waals surface area contributed by atoms with Gasteiger partial charge >= 0.3 is 11.9 Å². The van der Waals surface area contributed by atoms with Crippen LogP contribution in [0.1, 0.15) is 58.8 Å². The minimum absolute atomic E-state index is 0.0815. The lowest BCUT2D eigenvalue weighted by molar-refractivity contribution is -0.164. The van der Waals surface area contributed by atoms with Crippen LogP contribution >= 0.6 is 0 Å². The Kier molecular flexibility index (Phi) is 8.79. The van der Waals surface area contributed by atoms with E-state index in [1.807, 2.05) is 26.0 Å². The predicted octanol–water partition coefficient (Wildman–Crippen LogP) is 3.65. The van der Waals surface area contributed by atoms with E-state index in [4.69, 9.17) is 9.47 Å². The first kappa shape index (κ1) is 17.7. The summed E-state index contributed by atoms with van der Waals surface area (Å²) in [6, 6.07) is 0. The van der Waals surface area contributed by atoms with Gasteiger partial charge in [0.15, 0.2) is 5.92 Å². The quantitative estimate of drug-likeness (QED) is 0.282. The molecule has 0 fully saturated rings. The largest absolute Gasteiger partial charge is 0.465 e. The summed E-state index contributed by atoms with van der Waals surface area (Å²) >= 11 is 0. The fraction of sp³-hybridized carbons (Fsp3) is 0.765. The number of hydrogen-bond acceptors (Lipinski definition) is 4. The fourth-order valence-corrected chi connectivity index (χ4v) is 2.38. The first-order chi connectivity index (χ1) is 10.2. The molecule has 0 aromatic rings. The van der Waals surface area contributed by atoms with E-state index in [9.17, 15) is 9.59 Å². The van der Waals surface area contributed by atoms with Gasteiger partial charge in [-0.2, -0.15) is 0 Å². The lowest BCUT2D eigenvalue weighted by Gasteiger charge is -2.24. The number of esters is 2. The summed E-state index contributed by atoms with van der Waals surface area (Å²) in [5, 5.41) is 0. The van der Waals surface area contributed by atoms with Gasteiger partial charge in [0.2, 0.25) is 0 Å². The van der Waals surface area contributed by atoms with E-state index >= 15 is 0 Å². The third kappa shape index (κ3) is 6.32. The Labute approximate surface area is 127 Å². The maximum Gasteiger partial charge on any atom is 0.320 e.